The molecule has 0 aliphatic heterocycles. The number of nitrogens with one attached hydrogen (secondary N) is 2. The molecule has 21 heavy (non-hydrogen) atoms. The first kappa shape index (κ1) is 16.7. The van der Waals surface area contributed by atoms with Gasteiger partial charge in [0.1, 0.15) is 0 Å². The van der Waals surface area contributed by atoms with Crippen molar-refractivity contribution in [1.29, 1.82) is 0 Å². The van der Waals surface area contributed by atoms with Crippen LogP contribution in [0.25, 0.3) is 0 Å². The number of nitrogens with two attached hydrogens (primary N) is 2. The molecule has 2 rings (SSSR count). The average Bonchev–Trinajstić information content (AvgIpc) is 2.51. The summed E-state index contributed by atoms with van der Waals surface area (Å²) in [4.78, 5) is 0. The van der Waals surface area contributed by atoms with Crippen molar-refractivity contribution in [3.63, 3.8) is 0 Å². The van der Waals surface area contributed by atoms with Gasteiger partial charge in [-0.3, -0.25) is 0 Å². The first-order chi connectivity index (χ1) is 10.1. The van der Waals surface area contributed by atoms with Gasteiger partial charge in [0, 0.05) is 35.8 Å². The quantitative estimate of drug-likeness (QED) is 0.499. The molecular formula is C17H26N4. The van der Waals surface area contributed by atoms with Gasteiger partial charge in [0.25, 0.3) is 0 Å². The largest absolute Gasteiger partial charge is 0.399 e. The van der Waals surface area contributed by atoms with Gasteiger partial charge in [-0.05, 0) is 55.0 Å². The van der Waals surface area contributed by atoms with Crippen LogP contribution in [0, 0.1) is 6.92 Å². The highest BCUT2D eigenvalue weighted by Crippen LogP contribution is 2.16. The van der Waals surface area contributed by atoms with Crippen LogP contribution in [0.3, 0.4) is 0 Å². The van der Waals surface area contributed by atoms with Gasteiger partial charge >= 0.3 is 0 Å². The van der Waals surface area contributed by atoms with E-state index >= 15 is 0 Å². The zero-order valence-electron chi connectivity index (χ0n) is 13.1. The second kappa shape index (κ2) is 8.74. The fourth-order valence-electron chi connectivity index (χ4n) is 1.80. The monoisotopic (exact) mass is 286 g/mol. The number of benzene rings is 2. The summed E-state index contributed by atoms with van der Waals surface area (Å²) in [5, 5.41) is 6.68. The SMILES string of the molecule is CC.Cc1cc(NCCNc2ccc(N)cc2)ccc1N. The van der Waals surface area contributed by atoms with E-state index in [1.54, 1.807) is 0 Å². The highest BCUT2D eigenvalue weighted by molar-refractivity contribution is 5.57. The lowest BCUT2D eigenvalue weighted by atomic mass is 10.2. The van der Waals surface area contributed by atoms with Crippen molar-refractivity contribution in [3.8, 4) is 0 Å². The fraction of sp³-hybridized carbons (Fsp3) is 0.294. The number of aryl methyl sites for hydroxylation is 1. The summed E-state index contributed by atoms with van der Waals surface area (Å²) in [6.45, 7) is 7.69. The maximum absolute atomic E-state index is 5.78. The van der Waals surface area contributed by atoms with Gasteiger partial charge in [-0.25, -0.2) is 0 Å². The zero-order valence-corrected chi connectivity index (χ0v) is 13.1. The van der Waals surface area contributed by atoms with Gasteiger partial charge in [-0.1, -0.05) is 13.8 Å². The van der Waals surface area contributed by atoms with E-state index in [4.69, 9.17) is 11.5 Å². The van der Waals surface area contributed by atoms with E-state index in [0.717, 1.165) is 41.4 Å². The topological polar surface area (TPSA) is 76.1 Å². The Morgan fingerprint density at radius 3 is 1.90 bits per heavy atom. The summed E-state index contributed by atoms with van der Waals surface area (Å²) < 4.78 is 0. The Morgan fingerprint density at radius 2 is 1.33 bits per heavy atom. The second-order valence-corrected chi connectivity index (χ2v) is 4.55. The van der Waals surface area contributed by atoms with Gasteiger partial charge in [0.05, 0.1) is 0 Å². The zero-order chi connectivity index (χ0) is 15.7. The third-order valence-electron chi connectivity index (χ3n) is 2.96. The van der Waals surface area contributed by atoms with Crippen molar-refractivity contribution in [1.82, 2.24) is 0 Å². The summed E-state index contributed by atoms with van der Waals surface area (Å²) in [5.41, 5.74) is 16.3. The van der Waals surface area contributed by atoms with Crippen LogP contribution >= 0.6 is 0 Å². The van der Waals surface area contributed by atoms with E-state index in [-0.39, 0.29) is 0 Å². The van der Waals surface area contributed by atoms with Gasteiger partial charge in [-0.15, -0.1) is 0 Å². The van der Waals surface area contributed by atoms with Crippen molar-refractivity contribution >= 4 is 22.7 Å². The van der Waals surface area contributed by atoms with E-state index in [2.05, 4.69) is 16.7 Å². The van der Waals surface area contributed by atoms with Crippen LogP contribution in [0.2, 0.25) is 0 Å². The Morgan fingerprint density at radius 1 is 0.810 bits per heavy atom. The van der Waals surface area contributed by atoms with Gasteiger partial charge in [0.15, 0.2) is 0 Å². The lowest BCUT2D eigenvalue weighted by Gasteiger charge is -2.10. The minimum absolute atomic E-state index is 0.779. The first-order valence-corrected chi connectivity index (χ1v) is 7.34. The Kier molecular flexibility index (Phi) is 6.95. The Balaban J connectivity index is 0.00000106. The third kappa shape index (κ3) is 5.65. The van der Waals surface area contributed by atoms with Gasteiger partial charge in [-0.2, -0.15) is 0 Å². The molecule has 114 valence electrons. The molecule has 0 aliphatic rings. The van der Waals surface area contributed by atoms with Crippen LogP contribution < -0.4 is 22.1 Å². The number of hydrogen-bond donors (Lipinski definition) is 4. The molecule has 4 heteroatoms. The molecule has 6 N–H and O–H groups in total. The molecule has 0 heterocycles. The predicted molar refractivity (Wildman–Crippen MR) is 94.8 cm³/mol. The first-order valence-electron chi connectivity index (χ1n) is 7.34. The van der Waals surface area contributed by atoms with Crippen molar-refractivity contribution < 1.29 is 0 Å². The maximum Gasteiger partial charge on any atom is 0.0345 e. The summed E-state index contributed by atoms with van der Waals surface area (Å²) in [7, 11) is 0. The van der Waals surface area contributed by atoms with E-state index < -0.39 is 0 Å². The van der Waals surface area contributed by atoms with Crippen LogP contribution in [0.15, 0.2) is 42.5 Å². The molecule has 4 nitrogen and oxygen atoms in total. The molecular weight excluding hydrogens is 260 g/mol. The minimum atomic E-state index is 0.779. The maximum atomic E-state index is 5.78. The molecule has 0 aliphatic carbocycles. The highest BCUT2D eigenvalue weighted by atomic mass is 14.9. The Hall–Kier alpha value is -2.36. The molecule has 0 radical (unpaired) electrons. The summed E-state index contributed by atoms with van der Waals surface area (Å²) >= 11 is 0. The van der Waals surface area contributed by atoms with Crippen LogP contribution in [-0.2, 0) is 0 Å². The molecule has 0 unspecified atom stereocenters. The smallest absolute Gasteiger partial charge is 0.0345 e. The van der Waals surface area contributed by atoms with E-state index in [1.807, 2.05) is 57.2 Å². The minimum Gasteiger partial charge on any atom is -0.399 e. The third-order valence-corrected chi connectivity index (χ3v) is 2.96. The van der Waals surface area contributed by atoms with Gasteiger partial charge < -0.3 is 22.1 Å². The van der Waals surface area contributed by atoms with Crippen molar-refractivity contribution in [3.05, 3.63) is 48.0 Å². The summed E-state index contributed by atoms with van der Waals surface area (Å²) in [6.07, 6.45) is 0. The van der Waals surface area contributed by atoms with Gasteiger partial charge in [0.2, 0.25) is 0 Å². The number of nitrogen functional groups attached to an aromatic ring is 2. The van der Waals surface area contributed by atoms with E-state index in [1.165, 1.54) is 0 Å². The van der Waals surface area contributed by atoms with E-state index in [9.17, 15) is 0 Å². The molecule has 0 aromatic heterocycles. The summed E-state index contributed by atoms with van der Waals surface area (Å²) in [6, 6.07) is 13.7. The standard InChI is InChI=1S/C15H20N4.C2H6/c1-11-10-14(6-7-15(11)17)19-9-8-18-13-4-2-12(16)3-5-13;1-2/h2-7,10,18-19H,8-9,16-17H2,1H3;1-2H3. The molecule has 0 saturated carbocycles. The van der Waals surface area contributed by atoms with Crippen molar-refractivity contribution in [2.75, 3.05) is 35.2 Å². The molecule has 2 aromatic carbocycles. The van der Waals surface area contributed by atoms with E-state index in [0.29, 0.717) is 0 Å². The molecule has 0 spiro atoms. The molecule has 0 fully saturated rings. The number of rotatable bonds is 5. The van der Waals surface area contributed by atoms with Crippen molar-refractivity contribution in [2.45, 2.75) is 20.8 Å². The highest BCUT2D eigenvalue weighted by Gasteiger charge is 1.96. The lowest BCUT2D eigenvalue weighted by molar-refractivity contribution is 1.08. The molecule has 0 amide bonds. The van der Waals surface area contributed by atoms with Crippen LogP contribution in [0.4, 0.5) is 22.7 Å². The average molecular weight is 286 g/mol. The molecule has 0 atom stereocenters. The lowest BCUT2D eigenvalue weighted by Crippen LogP contribution is -2.13. The Bertz CT molecular complexity index is 535. The normalized spacial score (nSPS) is 9.48. The van der Waals surface area contributed by atoms with Crippen LogP contribution in [-0.4, -0.2) is 13.1 Å². The summed E-state index contributed by atoms with van der Waals surface area (Å²) in [5.74, 6) is 0. The van der Waals surface area contributed by atoms with Crippen LogP contribution in [0.5, 0.6) is 0 Å². The molecule has 0 saturated heterocycles. The predicted octanol–water partition coefficient (Wildman–Crippen LogP) is 3.71. The van der Waals surface area contributed by atoms with Crippen molar-refractivity contribution in [2.24, 2.45) is 0 Å². The van der Waals surface area contributed by atoms with Crippen LogP contribution in [0.1, 0.15) is 19.4 Å². The Labute approximate surface area is 127 Å². The second-order valence-electron chi connectivity index (χ2n) is 4.55. The molecule has 0 bridgehead atoms. The fourth-order valence-corrected chi connectivity index (χ4v) is 1.80. The molecule has 2 aromatic rings. The number of hydrogen-bond acceptors (Lipinski definition) is 4. The number of anilines is 4.